The number of piperidine rings is 1. The number of nitrogens with one attached hydrogen (secondary N) is 1. The van der Waals surface area contributed by atoms with E-state index in [0.29, 0.717) is 5.92 Å². The number of aliphatic imine (C=N–C) groups is 1. The molecule has 2 heterocycles. The van der Waals surface area contributed by atoms with Crippen LogP contribution in [0.3, 0.4) is 0 Å². The summed E-state index contributed by atoms with van der Waals surface area (Å²) in [6, 6.07) is 0. The van der Waals surface area contributed by atoms with Gasteiger partial charge >= 0.3 is 0 Å². The fourth-order valence-corrected chi connectivity index (χ4v) is 3.77. The molecule has 0 aliphatic carbocycles. The van der Waals surface area contributed by atoms with Crippen molar-refractivity contribution in [2.45, 2.75) is 33.6 Å². The molecule has 2 unspecified atom stereocenters. The van der Waals surface area contributed by atoms with Crippen molar-refractivity contribution in [1.82, 2.24) is 20.0 Å². The monoisotopic (exact) mass is 451 g/mol. The highest BCUT2D eigenvalue weighted by Crippen LogP contribution is 2.15. The van der Waals surface area contributed by atoms with Crippen LogP contribution >= 0.6 is 24.0 Å². The van der Waals surface area contributed by atoms with Gasteiger partial charge in [0.05, 0.1) is 0 Å². The Labute approximate surface area is 166 Å². The quantitative estimate of drug-likeness (QED) is 0.395. The minimum Gasteiger partial charge on any atom is -0.356 e. The van der Waals surface area contributed by atoms with Crippen molar-refractivity contribution >= 4 is 29.9 Å². The second kappa shape index (κ2) is 11.5. The lowest BCUT2D eigenvalue weighted by atomic mass is 10.0. The zero-order valence-corrected chi connectivity index (χ0v) is 18.5. The van der Waals surface area contributed by atoms with Crippen LogP contribution < -0.4 is 5.32 Å². The zero-order chi connectivity index (χ0) is 16.7. The summed E-state index contributed by atoms with van der Waals surface area (Å²) in [4.78, 5) is 12.1. The van der Waals surface area contributed by atoms with E-state index in [9.17, 15) is 0 Å². The lowest BCUT2D eigenvalue weighted by Crippen LogP contribution is -2.50. The van der Waals surface area contributed by atoms with Crippen LogP contribution in [-0.4, -0.2) is 86.6 Å². The van der Waals surface area contributed by atoms with E-state index in [0.717, 1.165) is 31.5 Å². The molecule has 0 aromatic carbocycles. The first kappa shape index (κ1) is 22.0. The topological polar surface area (TPSA) is 34.1 Å². The molecule has 5 nitrogen and oxygen atoms in total. The van der Waals surface area contributed by atoms with Crippen LogP contribution in [0, 0.1) is 11.8 Å². The number of nitrogens with zero attached hydrogens (tertiary/aromatic N) is 4. The standard InChI is InChI=1S/C18H37N5.HI/c1-5-21-9-11-22(12-10-21)14-17(3)13-20-18(19-4)23-8-6-7-16(2)15-23;/h16-17H,5-15H2,1-4H3,(H,19,20);1H. The minimum atomic E-state index is 0. The molecule has 6 heteroatoms. The molecule has 0 spiro atoms. The van der Waals surface area contributed by atoms with Crippen molar-refractivity contribution in [2.24, 2.45) is 16.8 Å². The summed E-state index contributed by atoms with van der Waals surface area (Å²) in [6.07, 6.45) is 2.65. The smallest absolute Gasteiger partial charge is 0.193 e. The molecule has 0 bridgehead atoms. The molecule has 0 aromatic rings. The van der Waals surface area contributed by atoms with Crippen molar-refractivity contribution < 1.29 is 0 Å². The Hall–Kier alpha value is -0.0800. The van der Waals surface area contributed by atoms with Gasteiger partial charge in [-0.1, -0.05) is 20.8 Å². The van der Waals surface area contributed by atoms with Gasteiger partial charge in [0.25, 0.3) is 0 Å². The highest BCUT2D eigenvalue weighted by molar-refractivity contribution is 14.0. The van der Waals surface area contributed by atoms with E-state index in [1.54, 1.807) is 0 Å². The summed E-state index contributed by atoms with van der Waals surface area (Å²) in [5.41, 5.74) is 0. The summed E-state index contributed by atoms with van der Waals surface area (Å²) >= 11 is 0. The Balaban J connectivity index is 0.00000288. The molecule has 24 heavy (non-hydrogen) atoms. The third kappa shape index (κ3) is 7.04. The van der Waals surface area contributed by atoms with Gasteiger partial charge in [0.2, 0.25) is 0 Å². The van der Waals surface area contributed by atoms with Gasteiger partial charge < -0.3 is 20.0 Å². The van der Waals surface area contributed by atoms with E-state index >= 15 is 0 Å². The number of halogens is 1. The predicted octanol–water partition coefficient (Wildman–Crippen LogP) is 2.19. The number of rotatable bonds is 5. The summed E-state index contributed by atoms with van der Waals surface area (Å²) in [6.45, 7) is 17.5. The molecule has 2 aliphatic heterocycles. The number of hydrogen-bond acceptors (Lipinski definition) is 3. The predicted molar refractivity (Wildman–Crippen MR) is 114 cm³/mol. The fraction of sp³-hybridized carbons (Fsp3) is 0.944. The van der Waals surface area contributed by atoms with Gasteiger partial charge in [0.1, 0.15) is 0 Å². The number of piperazine rings is 1. The summed E-state index contributed by atoms with van der Waals surface area (Å²) in [5, 5.41) is 3.61. The molecule has 0 aromatic heterocycles. The van der Waals surface area contributed by atoms with Crippen LogP contribution in [0.1, 0.15) is 33.6 Å². The van der Waals surface area contributed by atoms with Gasteiger partial charge in [-0.2, -0.15) is 0 Å². The molecule has 2 rings (SSSR count). The fourth-order valence-electron chi connectivity index (χ4n) is 3.77. The van der Waals surface area contributed by atoms with Crippen LogP contribution in [0.2, 0.25) is 0 Å². The molecule has 2 atom stereocenters. The van der Waals surface area contributed by atoms with Gasteiger partial charge in [-0.25, -0.2) is 0 Å². The highest BCUT2D eigenvalue weighted by Gasteiger charge is 2.20. The van der Waals surface area contributed by atoms with Crippen molar-refractivity contribution in [3.05, 3.63) is 0 Å². The lowest BCUT2D eigenvalue weighted by molar-refractivity contribution is 0.124. The third-order valence-electron chi connectivity index (χ3n) is 5.26. The van der Waals surface area contributed by atoms with Crippen LogP contribution in [0.4, 0.5) is 0 Å². The highest BCUT2D eigenvalue weighted by atomic mass is 127. The maximum Gasteiger partial charge on any atom is 0.193 e. The molecule has 0 radical (unpaired) electrons. The van der Waals surface area contributed by atoms with E-state index in [-0.39, 0.29) is 24.0 Å². The van der Waals surface area contributed by atoms with Crippen molar-refractivity contribution in [2.75, 3.05) is 66.0 Å². The Morgan fingerprint density at radius 1 is 1.17 bits per heavy atom. The van der Waals surface area contributed by atoms with E-state index < -0.39 is 0 Å². The first-order valence-corrected chi connectivity index (χ1v) is 9.52. The number of likely N-dealkylation sites (tertiary alicyclic amines) is 1. The molecule has 0 amide bonds. The van der Waals surface area contributed by atoms with Crippen molar-refractivity contribution in [3.8, 4) is 0 Å². The first-order valence-electron chi connectivity index (χ1n) is 9.52. The average molecular weight is 451 g/mol. The summed E-state index contributed by atoms with van der Waals surface area (Å²) in [7, 11) is 1.91. The van der Waals surface area contributed by atoms with Crippen LogP contribution in [-0.2, 0) is 0 Å². The maximum absolute atomic E-state index is 4.50. The number of guanidine groups is 1. The van der Waals surface area contributed by atoms with E-state index in [1.165, 1.54) is 52.1 Å². The van der Waals surface area contributed by atoms with E-state index in [2.05, 4.69) is 45.8 Å². The maximum atomic E-state index is 4.50. The largest absolute Gasteiger partial charge is 0.356 e. The molecular weight excluding hydrogens is 413 g/mol. The average Bonchev–Trinajstić information content (AvgIpc) is 2.56. The van der Waals surface area contributed by atoms with Gasteiger partial charge in [0.15, 0.2) is 5.96 Å². The molecular formula is C18H38IN5. The van der Waals surface area contributed by atoms with Crippen LogP contribution in [0.5, 0.6) is 0 Å². The van der Waals surface area contributed by atoms with Gasteiger partial charge in [0, 0.05) is 59.4 Å². The minimum absolute atomic E-state index is 0. The summed E-state index contributed by atoms with van der Waals surface area (Å²) in [5.74, 6) is 2.54. The van der Waals surface area contributed by atoms with Gasteiger partial charge in [-0.05, 0) is 31.2 Å². The molecule has 2 aliphatic rings. The lowest BCUT2D eigenvalue weighted by Gasteiger charge is -2.36. The number of likely N-dealkylation sites (N-methyl/N-ethyl adjacent to an activating group) is 1. The van der Waals surface area contributed by atoms with Gasteiger partial charge in [-0.3, -0.25) is 4.99 Å². The Kier molecular flexibility index (Phi) is 10.5. The second-order valence-corrected chi connectivity index (χ2v) is 7.46. The molecule has 1 N–H and O–H groups in total. The normalized spacial score (nSPS) is 25.2. The van der Waals surface area contributed by atoms with Crippen LogP contribution in [0.15, 0.2) is 4.99 Å². The van der Waals surface area contributed by atoms with E-state index in [4.69, 9.17) is 0 Å². The molecule has 2 saturated heterocycles. The Bertz CT molecular complexity index is 368. The van der Waals surface area contributed by atoms with Crippen LogP contribution in [0.25, 0.3) is 0 Å². The molecule has 0 saturated carbocycles. The number of hydrogen-bond donors (Lipinski definition) is 1. The first-order chi connectivity index (χ1) is 11.1. The molecule has 142 valence electrons. The van der Waals surface area contributed by atoms with Crippen molar-refractivity contribution in [1.29, 1.82) is 0 Å². The second-order valence-electron chi connectivity index (χ2n) is 7.46. The Morgan fingerprint density at radius 3 is 2.42 bits per heavy atom. The zero-order valence-electron chi connectivity index (χ0n) is 16.1. The van der Waals surface area contributed by atoms with Gasteiger partial charge in [-0.15, -0.1) is 24.0 Å². The Morgan fingerprint density at radius 2 is 1.83 bits per heavy atom. The third-order valence-corrected chi connectivity index (χ3v) is 5.26. The SMILES string of the molecule is CCN1CCN(CC(C)CNC(=NC)N2CCCC(C)C2)CC1.I. The molecule has 2 fully saturated rings. The van der Waals surface area contributed by atoms with Crippen molar-refractivity contribution in [3.63, 3.8) is 0 Å². The van der Waals surface area contributed by atoms with E-state index in [1.807, 2.05) is 7.05 Å². The summed E-state index contributed by atoms with van der Waals surface area (Å²) < 4.78 is 0.